The van der Waals surface area contributed by atoms with Crippen molar-refractivity contribution in [1.82, 2.24) is 10.2 Å². The predicted molar refractivity (Wildman–Crippen MR) is 72.5 cm³/mol. The molecule has 1 saturated heterocycles. The van der Waals surface area contributed by atoms with Crippen LogP contribution in [0.25, 0.3) is 0 Å². The van der Waals surface area contributed by atoms with Crippen LogP contribution in [0.5, 0.6) is 0 Å². The van der Waals surface area contributed by atoms with Crippen LogP contribution in [0, 0.1) is 12.3 Å². The second-order valence-corrected chi connectivity index (χ2v) is 4.95. The van der Waals surface area contributed by atoms with E-state index in [0.29, 0.717) is 25.8 Å². The van der Waals surface area contributed by atoms with Crippen LogP contribution in [0.3, 0.4) is 0 Å². The normalized spacial score (nSPS) is 19.9. The summed E-state index contributed by atoms with van der Waals surface area (Å²) >= 11 is 0. The number of rotatable bonds is 6. The number of nitrogens with zero attached hydrogens (tertiary/aromatic N) is 1. The molecule has 1 fully saturated rings. The second-order valence-electron chi connectivity index (χ2n) is 4.95. The lowest BCUT2D eigenvalue weighted by Gasteiger charge is -2.29. The monoisotopic (exact) mass is 266 g/mol. The minimum absolute atomic E-state index is 0.0976. The topological polar surface area (TPSA) is 69.6 Å². The van der Waals surface area contributed by atoms with Gasteiger partial charge in [0.05, 0.1) is 6.54 Å². The lowest BCUT2D eigenvalue weighted by Crippen LogP contribution is -2.51. The van der Waals surface area contributed by atoms with E-state index < -0.39 is 17.6 Å². The molecule has 1 atom stereocenters. The number of aliphatic carboxylic acids is 1. The summed E-state index contributed by atoms with van der Waals surface area (Å²) in [5, 5.41) is 11.9. The quantitative estimate of drug-likeness (QED) is 0.699. The van der Waals surface area contributed by atoms with Crippen molar-refractivity contribution in [2.75, 3.05) is 13.1 Å². The van der Waals surface area contributed by atoms with Gasteiger partial charge in [-0.1, -0.05) is 19.8 Å². The third-order valence-electron chi connectivity index (χ3n) is 3.86. The maximum atomic E-state index is 12.0. The first kappa shape index (κ1) is 15.5. The summed E-state index contributed by atoms with van der Waals surface area (Å²) in [4.78, 5) is 24.8. The van der Waals surface area contributed by atoms with Crippen LogP contribution in [-0.4, -0.2) is 46.6 Å². The van der Waals surface area contributed by atoms with Crippen molar-refractivity contribution >= 4 is 11.9 Å². The van der Waals surface area contributed by atoms with E-state index >= 15 is 0 Å². The van der Waals surface area contributed by atoms with Gasteiger partial charge in [0, 0.05) is 0 Å². The molecule has 0 radical (unpaired) electrons. The SMILES string of the molecule is C#CC(CC)(CC)NC(=O)CN1CCCC1C(=O)O. The Kier molecular flexibility index (Phi) is 5.37. The second kappa shape index (κ2) is 6.58. The Balaban J connectivity index is 2.60. The highest BCUT2D eigenvalue weighted by Gasteiger charge is 2.33. The Morgan fingerprint density at radius 3 is 2.58 bits per heavy atom. The molecule has 1 heterocycles. The van der Waals surface area contributed by atoms with Gasteiger partial charge in [0.1, 0.15) is 11.6 Å². The lowest BCUT2D eigenvalue weighted by molar-refractivity contribution is -0.142. The molecule has 1 amide bonds. The van der Waals surface area contributed by atoms with E-state index in [1.807, 2.05) is 13.8 Å². The molecule has 5 heteroatoms. The zero-order valence-electron chi connectivity index (χ0n) is 11.6. The molecule has 19 heavy (non-hydrogen) atoms. The Hall–Kier alpha value is -1.54. The number of carboxylic acids is 1. The van der Waals surface area contributed by atoms with Gasteiger partial charge < -0.3 is 10.4 Å². The number of carbonyl (C=O) groups is 2. The van der Waals surface area contributed by atoms with Gasteiger partial charge in [-0.3, -0.25) is 14.5 Å². The fourth-order valence-corrected chi connectivity index (χ4v) is 2.45. The molecule has 0 aromatic rings. The highest BCUT2D eigenvalue weighted by Crippen LogP contribution is 2.18. The maximum Gasteiger partial charge on any atom is 0.320 e. The van der Waals surface area contributed by atoms with Crippen molar-refractivity contribution in [3.8, 4) is 12.3 Å². The smallest absolute Gasteiger partial charge is 0.320 e. The van der Waals surface area contributed by atoms with E-state index in [9.17, 15) is 9.59 Å². The maximum absolute atomic E-state index is 12.0. The fraction of sp³-hybridized carbons (Fsp3) is 0.714. The molecule has 106 valence electrons. The van der Waals surface area contributed by atoms with E-state index in [-0.39, 0.29) is 12.5 Å². The zero-order valence-corrected chi connectivity index (χ0v) is 11.6. The standard InChI is InChI=1S/C14H22N2O3/c1-4-14(5-2,6-3)15-12(17)10-16-9-7-8-11(16)13(18)19/h1,11H,5-10H2,2-3H3,(H,15,17)(H,18,19). The van der Waals surface area contributed by atoms with Gasteiger partial charge in [0.25, 0.3) is 0 Å². The van der Waals surface area contributed by atoms with Gasteiger partial charge in [-0.2, -0.15) is 0 Å². The van der Waals surface area contributed by atoms with Crippen LogP contribution >= 0.6 is 0 Å². The number of hydrogen-bond donors (Lipinski definition) is 2. The van der Waals surface area contributed by atoms with Gasteiger partial charge >= 0.3 is 5.97 Å². The highest BCUT2D eigenvalue weighted by atomic mass is 16.4. The summed E-state index contributed by atoms with van der Waals surface area (Å²) in [5.41, 5.74) is -0.616. The molecule has 0 aliphatic carbocycles. The molecule has 2 N–H and O–H groups in total. The summed E-state index contributed by atoms with van der Waals surface area (Å²) in [5.74, 6) is 1.58. The minimum Gasteiger partial charge on any atom is -0.480 e. The minimum atomic E-state index is -0.862. The Bertz CT molecular complexity index is 383. The fourth-order valence-electron chi connectivity index (χ4n) is 2.45. The molecule has 1 aliphatic heterocycles. The average molecular weight is 266 g/mol. The van der Waals surface area contributed by atoms with Crippen LogP contribution in [-0.2, 0) is 9.59 Å². The molecule has 0 saturated carbocycles. The Morgan fingerprint density at radius 2 is 2.11 bits per heavy atom. The number of carbonyl (C=O) groups excluding carboxylic acids is 1. The third kappa shape index (κ3) is 3.71. The molecule has 0 spiro atoms. The molecule has 1 rings (SSSR count). The van der Waals surface area contributed by atoms with E-state index in [1.165, 1.54) is 0 Å². The largest absolute Gasteiger partial charge is 0.480 e. The molecule has 5 nitrogen and oxygen atoms in total. The summed E-state index contributed by atoms with van der Waals surface area (Å²) < 4.78 is 0. The molecular formula is C14H22N2O3. The summed E-state index contributed by atoms with van der Waals surface area (Å²) in [7, 11) is 0. The predicted octanol–water partition coefficient (Wildman–Crippen LogP) is 0.844. The number of carboxylic acid groups (broad SMARTS) is 1. The van der Waals surface area contributed by atoms with Gasteiger partial charge in [-0.25, -0.2) is 0 Å². The number of terminal acetylenes is 1. The molecule has 1 aliphatic rings. The van der Waals surface area contributed by atoms with Crippen molar-refractivity contribution in [3.63, 3.8) is 0 Å². The van der Waals surface area contributed by atoms with Crippen molar-refractivity contribution in [2.45, 2.75) is 51.1 Å². The van der Waals surface area contributed by atoms with Gasteiger partial charge in [0.2, 0.25) is 5.91 Å². The Labute approximate surface area is 114 Å². The molecule has 1 unspecified atom stereocenters. The molecule has 0 aromatic carbocycles. The summed E-state index contributed by atoms with van der Waals surface area (Å²) in [6, 6.07) is -0.547. The average Bonchev–Trinajstić information content (AvgIpc) is 2.84. The van der Waals surface area contributed by atoms with Crippen LogP contribution in [0.15, 0.2) is 0 Å². The van der Waals surface area contributed by atoms with Crippen molar-refractivity contribution in [1.29, 1.82) is 0 Å². The first-order valence-electron chi connectivity index (χ1n) is 6.73. The van der Waals surface area contributed by atoms with Crippen LogP contribution < -0.4 is 5.32 Å². The number of likely N-dealkylation sites (tertiary alicyclic amines) is 1. The van der Waals surface area contributed by atoms with Crippen LogP contribution in [0.4, 0.5) is 0 Å². The molecule has 0 bridgehead atoms. The number of amides is 1. The first-order valence-corrected chi connectivity index (χ1v) is 6.73. The molecule has 0 aromatic heterocycles. The van der Waals surface area contributed by atoms with Gasteiger partial charge in [-0.15, -0.1) is 6.42 Å². The van der Waals surface area contributed by atoms with E-state index in [2.05, 4.69) is 11.2 Å². The van der Waals surface area contributed by atoms with Crippen LogP contribution in [0.1, 0.15) is 39.5 Å². The Morgan fingerprint density at radius 1 is 1.47 bits per heavy atom. The summed E-state index contributed by atoms with van der Waals surface area (Å²) in [6.45, 7) is 4.60. The van der Waals surface area contributed by atoms with Crippen molar-refractivity contribution < 1.29 is 14.7 Å². The number of hydrogen-bond acceptors (Lipinski definition) is 3. The van der Waals surface area contributed by atoms with Crippen molar-refractivity contribution in [2.24, 2.45) is 0 Å². The zero-order chi connectivity index (χ0) is 14.5. The van der Waals surface area contributed by atoms with Crippen molar-refractivity contribution in [3.05, 3.63) is 0 Å². The molecular weight excluding hydrogens is 244 g/mol. The van der Waals surface area contributed by atoms with Gasteiger partial charge in [0.15, 0.2) is 0 Å². The van der Waals surface area contributed by atoms with Gasteiger partial charge in [-0.05, 0) is 32.2 Å². The van der Waals surface area contributed by atoms with E-state index in [0.717, 1.165) is 6.42 Å². The van der Waals surface area contributed by atoms with E-state index in [1.54, 1.807) is 4.90 Å². The number of nitrogens with one attached hydrogen (secondary N) is 1. The van der Waals surface area contributed by atoms with E-state index in [4.69, 9.17) is 11.5 Å². The van der Waals surface area contributed by atoms with Crippen LogP contribution in [0.2, 0.25) is 0 Å². The highest BCUT2D eigenvalue weighted by molar-refractivity contribution is 5.81. The summed E-state index contributed by atoms with van der Waals surface area (Å²) in [6.07, 6.45) is 8.22. The first-order chi connectivity index (χ1) is 8.98. The third-order valence-corrected chi connectivity index (χ3v) is 3.86. The lowest BCUT2D eigenvalue weighted by atomic mass is 9.94.